The number of rotatable bonds is 4. The van der Waals surface area contributed by atoms with Crippen molar-refractivity contribution in [1.29, 1.82) is 0 Å². The summed E-state index contributed by atoms with van der Waals surface area (Å²) in [4.78, 5) is 24.7. The fourth-order valence-electron chi connectivity index (χ4n) is 3.04. The number of carbonyl (C=O) groups is 1. The van der Waals surface area contributed by atoms with Crippen molar-refractivity contribution >= 4 is 27.8 Å². The number of fused-ring (bicyclic) bond motifs is 2. The van der Waals surface area contributed by atoms with Gasteiger partial charge < -0.3 is 10.3 Å². The van der Waals surface area contributed by atoms with E-state index in [1.54, 1.807) is 12.1 Å². The normalized spacial score (nSPS) is 11.2. The summed E-state index contributed by atoms with van der Waals surface area (Å²) < 4.78 is 0. The minimum absolute atomic E-state index is 0.0899. The number of aromatic nitrogens is 3. The van der Waals surface area contributed by atoms with Gasteiger partial charge in [-0.3, -0.25) is 4.79 Å². The van der Waals surface area contributed by atoms with E-state index in [0.717, 1.165) is 34.4 Å². The summed E-state index contributed by atoms with van der Waals surface area (Å²) >= 11 is 0. The zero-order valence-corrected chi connectivity index (χ0v) is 14.8. The van der Waals surface area contributed by atoms with Gasteiger partial charge in [-0.25, -0.2) is 9.97 Å². The number of carbonyl (C=O) groups excluding carboxylic acids is 1. The van der Waals surface area contributed by atoms with Gasteiger partial charge in [-0.2, -0.15) is 0 Å². The monoisotopic (exact) mass is 344 g/mol. The molecule has 26 heavy (non-hydrogen) atoms. The average Bonchev–Trinajstić information content (AvgIpc) is 3.10. The summed E-state index contributed by atoms with van der Waals surface area (Å²) in [6.45, 7) is 4.45. The highest BCUT2D eigenvalue weighted by atomic mass is 16.1. The number of aryl methyl sites for hydroxylation is 2. The summed E-state index contributed by atoms with van der Waals surface area (Å²) in [7, 11) is 0. The van der Waals surface area contributed by atoms with Crippen molar-refractivity contribution in [1.82, 2.24) is 20.3 Å². The van der Waals surface area contributed by atoms with Crippen LogP contribution in [0.3, 0.4) is 0 Å². The number of hydrogen-bond acceptors (Lipinski definition) is 3. The molecule has 5 nitrogen and oxygen atoms in total. The van der Waals surface area contributed by atoms with E-state index in [4.69, 9.17) is 0 Å². The predicted molar refractivity (Wildman–Crippen MR) is 103 cm³/mol. The first-order valence-corrected chi connectivity index (χ1v) is 8.69. The maximum absolute atomic E-state index is 12.4. The van der Waals surface area contributed by atoms with Gasteiger partial charge in [0, 0.05) is 23.8 Å². The van der Waals surface area contributed by atoms with Crippen LogP contribution < -0.4 is 5.32 Å². The molecular weight excluding hydrogens is 324 g/mol. The van der Waals surface area contributed by atoms with Crippen LogP contribution >= 0.6 is 0 Å². The van der Waals surface area contributed by atoms with Crippen LogP contribution in [0, 0.1) is 13.8 Å². The van der Waals surface area contributed by atoms with Gasteiger partial charge in [0.25, 0.3) is 5.91 Å². The molecule has 0 saturated carbocycles. The van der Waals surface area contributed by atoms with Gasteiger partial charge in [-0.1, -0.05) is 12.1 Å². The first-order valence-electron chi connectivity index (χ1n) is 8.69. The molecule has 1 amide bonds. The van der Waals surface area contributed by atoms with Gasteiger partial charge in [0.15, 0.2) is 0 Å². The lowest BCUT2D eigenvalue weighted by molar-refractivity contribution is 0.0954. The zero-order valence-electron chi connectivity index (χ0n) is 14.8. The van der Waals surface area contributed by atoms with Gasteiger partial charge in [0.2, 0.25) is 0 Å². The van der Waals surface area contributed by atoms with Crippen LogP contribution in [0.2, 0.25) is 0 Å². The summed E-state index contributed by atoms with van der Waals surface area (Å²) in [5, 5.41) is 4.18. The highest BCUT2D eigenvalue weighted by Crippen LogP contribution is 2.16. The third kappa shape index (κ3) is 3.16. The van der Waals surface area contributed by atoms with Crippen LogP contribution in [-0.4, -0.2) is 27.4 Å². The number of nitrogens with zero attached hydrogens (tertiary/aromatic N) is 2. The van der Waals surface area contributed by atoms with Gasteiger partial charge in [-0.15, -0.1) is 0 Å². The SMILES string of the molecule is Cc1nc2ccc(C(=O)NCCc3ccc4cc[nH]c4c3)cc2nc1C. The number of nitrogens with one attached hydrogen (secondary N) is 2. The molecule has 0 bridgehead atoms. The highest BCUT2D eigenvalue weighted by molar-refractivity contribution is 5.97. The highest BCUT2D eigenvalue weighted by Gasteiger charge is 2.08. The molecule has 2 aromatic heterocycles. The number of benzene rings is 2. The number of H-pyrrole nitrogens is 1. The Balaban J connectivity index is 1.44. The fraction of sp³-hybridized carbons (Fsp3) is 0.190. The molecule has 2 aromatic carbocycles. The minimum Gasteiger partial charge on any atom is -0.361 e. The lowest BCUT2D eigenvalue weighted by Gasteiger charge is -2.07. The fourth-order valence-corrected chi connectivity index (χ4v) is 3.04. The van der Waals surface area contributed by atoms with Crippen molar-refractivity contribution in [2.45, 2.75) is 20.3 Å². The Morgan fingerprint density at radius 3 is 2.65 bits per heavy atom. The van der Waals surface area contributed by atoms with Gasteiger partial charge in [-0.05, 0) is 61.5 Å². The minimum atomic E-state index is -0.0899. The van der Waals surface area contributed by atoms with Crippen LogP contribution in [-0.2, 0) is 6.42 Å². The smallest absolute Gasteiger partial charge is 0.251 e. The molecule has 0 unspecified atom stereocenters. The summed E-state index contributed by atoms with van der Waals surface area (Å²) in [5.74, 6) is -0.0899. The molecular formula is C21H20N4O. The second-order valence-corrected chi connectivity index (χ2v) is 6.50. The van der Waals surface area contributed by atoms with Crippen LogP contribution in [0.15, 0.2) is 48.7 Å². The summed E-state index contributed by atoms with van der Waals surface area (Å²) in [5.41, 5.74) is 6.27. The largest absolute Gasteiger partial charge is 0.361 e. The van der Waals surface area contributed by atoms with E-state index in [0.29, 0.717) is 12.1 Å². The molecule has 0 radical (unpaired) electrons. The molecule has 0 aliphatic carbocycles. The lowest BCUT2D eigenvalue weighted by atomic mass is 10.1. The van der Waals surface area contributed by atoms with Gasteiger partial charge >= 0.3 is 0 Å². The molecule has 0 saturated heterocycles. The van der Waals surface area contributed by atoms with Crippen molar-refractivity contribution in [2.75, 3.05) is 6.54 Å². The lowest BCUT2D eigenvalue weighted by Crippen LogP contribution is -2.25. The molecule has 2 heterocycles. The standard InChI is InChI=1S/C21H20N4O/c1-13-14(2)25-20-12-17(5-6-18(20)24-13)21(26)23-9-7-15-3-4-16-8-10-22-19(16)11-15/h3-6,8,10-12,22H,7,9H2,1-2H3,(H,23,26). The Labute approximate surface area is 151 Å². The molecule has 0 atom stereocenters. The Kier molecular flexibility index (Phi) is 4.13. The zero-order chi connectivity index (χ0) is 18.1. The van der Waals surface area contributed by atoms with Crippen LogP contribution in [0.25, 0.3) is 21.9 Å². The number of hydrogen-bond donors (Lipinski definition) is 2. The van der Waals surface area contributed by atoms with E-state index in [2.05, 4.69) is 38.5 Å². The Morgan fingerprint density at radius 2 is 1.81 bits per heavy atom. The van der Waals surface area contributed by atoms with Crippen LogP contribution in [0.1, 0.15) is 27.3 Å². The summed E-state index contributed by atoms with van der Waals surface area (Å²) in [6.07, 6.45) is 2.72. The molecule has 130 valence electrons. The molecule has 0 aliphatic rings. The maximum atomic E-state index is 12.4. The van der Waals surface area contributed by atoms with Crippen molar-refractivity contribution in [3.63, 3.8) is 0 Å². The second kappa shape index (κ2) is 6.59. The number of aromatic amines is 1. The Bertz CT molecular complexity index is 1110. The third-order valence-electron chi connectivity index (χ3n) is 4.66. The van der Waals surface area contributed by atoms with E-state index in [-0.39, 0.29) is 5.91 Å². The van der Waals surface area contributed by atoms with Crippen molar-refractivity contribution < 1.29 is 4.79 Å². The van der Waals surface area contributed by atoms with Crippen LogP contribution in [0.5, 0.6) is 0 Å². The average molecular weight is 344 g/mol. The quantitative estimate of drug-likeness (QED) is 0.593. The molecule has 0 fully saturated rings. The second-order valence-electron chi connectivity index (χ2n) is 6.50. The van der Waals surface area contributed by atoms with Crippen molar-refractivity contribution in [2.24, 2.45) is 0 Å². The van der Waals surface area contributed by atoms with E-state index in [1.807, 2.05) is 32.2 Å². The molecule has 2 N–H and O–H groups in total. The third-order valence-corrected chi connectivity index (χ3v) is 4.66. The molecule has 4 aromatic rings. The molecule has 0 spiro atoms. The van der Waals surface area contributed by atoms with E-state index >= 15 is 0 Å². The molecule has 4 rings (SSSR count). The van der Waals surface area contributed by atoms with E-state index in [9.17, 15) is 4.79 Å². The maximum Gasteiger partial charge on any atom is 0.251 e. The summed E-state index contributed by atoms with van der Waals surface area (Å²) in [6, 6.07) is 13.8. The Morgan fingerprint density at radius 1 is 1.00 bits per heavy atom. The van der Waals surface area contributed by atoms with Crippen LogP contribution in [0.4, 0.5) is 0 Å². The molecule has 0 aliphatic heterocycles. The molecule has 5 heteroatoms. The Hall–Kier alpha value is -3.21. The topological polar surface area (TPSA) is 70.7 Å². The predicted octanol–water partition coefficient (Wildman–Crippen LogP) is 3.70. The first kappa shape index (κ1) is 16.3. The van der Waals surface area contributed by atoms with E-state index < -0.39 is 0 Å². The first-order chi connectivity index (χ1) is 12.6. The van der Waals surface area contributed by atoms with Gasteiger partial charge in [0.1, 0.15) is 0 Å². The van der Waals surface area contributed by atoms with E-state index in [1.165, 1.54) is 10.9 Å². The number of amides is 1. The van der Waals surface area contributed by atoms with Crippen molar-refractivity contribution in [3.05, 3.63) is 71.2 Å². The van der Waals surface area contributed by atoms with Crippen molar-refractivity contribution in [3.8, 4) is 0 Å². The van der Waals surface area contributed by atoms with Gasteiger partial charge in [0.05, 0.1) is 22.4 Å².